The molecule has 2 unspecified atom stereocenters. The molecule has 1 aromatic rings. The lowest BCUT2D eigenvalue weighted by Gasteiger charge is -2.21. The summed E-state index contributed by atoms with van der Waals surface area (Å²) in [4.78, 5) is 25.6. The van der Waals surface area contributed by atoms with Gasteiger partial charge in [-0.3, -0.25) is 9.69 Å². The molecule has 4 heteroatoms. The summed E-state index contributed by atoms with van der Waals surface area (Å²) < 4.78 is 5.32. The van der Waals surface area contributed by atoms with E-state index in [4.69, 9.17) is 4.74 Å². The molecule has 3 rings (SSSR count). The minimum Gasteiger partial charge on any atom is -0.435 e. The lowest BCUT2D eigenvalue weighted by molar-refractivity contribution is -0.143. The van der Waals surface area contributed by atoms with Crippen LogP contribution in [0, 0.1) is 5.92 Å². The summed E-state index contributed by atoms with van der Waals surface area (Å²) in [5, 5.41) is 0. The van der Waals surface area contributed by atoms with E-state index in [1.54, 1.807) is 11.0 Å². The Kier molecular flexibility index (Phi) is 2.02. The Morgan fingerprint density at radius 1 is 1.24 bits per heavy atom. The van der Waals surface area contributed by atoms with Crippen molar-refractivity contribution in [2.75, 3.05) is 0 Å². The minimum atomic E-state index is -0.515. The number of benzene rings is 1. The van der Waals surface area contributed by atoms with Gasteiger partial charge in [-0.05, 0) is 12.0 Å². The fourth-order valence-electron chi connectivity index (χ4n) is 2.58. The van der Waals surface area contributed by atoms with Crippen molar-refractivity contribution in [3.05, 3.63) is 35.4 Å². The highest BCUT2D eigenvalue weighted by molar-refractivity contribution is 6.02. The van der Waals surface area contributed by atoms with Gasteiger partial charge < -0.3 is 4.74 Å². The van der Waals surface area contributed by atoms with Crippen molar-refractivity contribution in [2.45, 2.75) is 26.1 Å². The lowest BCUT2D eigenvalue weighted by atomic mass is 10.0. The molecule has 2 aliphatic rings. The van der Waals surface area contributed by atoms with Crippen molar-refractivity contribution < 1.29 is 14.3 Å². The molecule has 88 valence electrons. The maximum absolute atomic E-state index is 12.2. The summed E-state index contributed by atoms with van der Waals surface area (Å²) in [5.41, 5.74) is 1.45. The van der Waals surface area contributed by atoms with Crippen molar-refractivity contribution in [3.8, 4) is 0 Å². The number of hydrogen-bond acceptors (Lipinski definition) is 3. The van der Waals surface area contributed by atoms with Gasteiger partial charge in [-0.1, -0.05) is 32.0 Å². The quantitative estimate of drug-likeness (QED) is 0.691. The zero-order valence-electron chi connectivity index (χ0n) is 9.71. The van der Waals surface area contributed by atoms with Crippen LogP contribution in [-0.4, -0.2) is 22.8 Å². The van der Waals surface area contributed by atoms with Crippen LogP contribution in [0.3, 0.4) is 0 Å². The van der Waals surface area contributed by atoms with Gasteiger partial charge >= 0.3 is 5.97 Å². The van der Waals surface area contributed by atoms with E-state index >= 15 is 0 Å². The van der Waals surface area contributed by atoms with Crippen LogP contribution in [0.1, 0.15) is 36.0 Å². The maximum Gasteiger partial charge on any atom is 0.331 e. The molecule has 2 atom stereocenters. The van der Waals surface area contributed by atoms with Crippen molar-refractivity contribution in [3.63, 3.8) is 0 Å². The molecule has 1 amide bonds. The summed E-state index contributed by atoms with van der Waals surface area (Å²) in [6, 6.07) is 6.84. The molecule has 1 fully saturated rings. The molecule has 1 saturated heterocycles. The summed E-state index contributed by atoms with van der Waals surface area (Å²) in [7, 11) is 0. The fourth-order valence-corrected chi connectivity index (χ4v) is 2.58. The molecule has 2 heterocycles. The Bertz CT molecular complexity index is 509. The smallest absolute Gasteiger partial charge is 0.331 e. The Morgan fingerprint density at radius 2 is 1.94 bits per heavy atom. The molecule has 0 aliphatic carbocycles. The first-order valence-electron chi connectivity index (χ1n) is 5.73. The van der Waals surface area contributed by atoms with Gasteiger partial charge in [0.1, 0.15) is 6.04 Å². The first-order valence-corrected chi connectivity index (χ1v) is 5.73. The van der Waals surface area contributed by atoms with Gasteiger partial charge in [0.15, 0.2) is 0 Å². The molecule has 0 spiro atoms. The average molecular weight is 231 g/mol. The van der Waals surface area contributed by atoms with Crippen LogP contribution in [-0.2, 0) is 9.53 Å². The highest BCUT2D eigenvalue weighted by Crippen LogP contribution is 2.42. The number of nitrogens with zero attached hydrogens (tertiary/aromatic N) is 1. The number of esters is 1. The van der Waals surface area contributed by atoms with E-state index in [2.05, 4.69) is 0 Å². The number of carbonyl (C=O) groups is 2. The van der Waals surface area contributed by atoms with E-state index in [1.807, 2.05) is 32.0 Å². The van der Waals surface area contributed by atoms with Gasteiger partial charge in [0.05, 0.1) is 0 Å². The Labute approximate surface area is 99.2 Å². The van der Waals surface area contributed by atoms with Gasteiger partial charge in [0.25, 0.3) is 5.91 Å². The van der Waals surface area contributed by atoms with E-state index in [0.717, 1.165) is 5.56 Å². The number of amides is 1. The van der Waals surface area contributed by atoms with Crippen LogP contribution in [0.15, 0.2) is 24.3 Å². The van der Waals surface area contributed by atoms with Gasteiger partial charge in [-0.25, -0.2) is 4.79 Å². The first-order chi connectivity index (χ1) is 8.11. The van der Waals surface area contributed by atoms with Crippen LogP contribution < -0.4 is 0 Å². The highest BCUT2D eigenvalue weighted by Gasteiger charge is 2.52. The first kappa shape index (κ1) is 10.3. The third-order valence-corrected chi connectivity index (χ3v) is 3.34. The topological polar surface area (TPSA) is 46.6 Å². The van der Waals surface area contributed by atoms with Crippen LogP contribution >= 0.6 is 0 Å². The minimum absolute atomic E-state index is 0.0609. The predicted octanol–water partition coefficient (Wildman–Crippen LogP) is 1.72. The SMILES string of the molecule is CC(C)C1C(=O)OC2c3ccccc3C(=O)N21. The van der Waals surface area contributed by atoms with Gasteiger partial charge in [-0.2, -0.15) is 0 Å². The molecule has 0 radical (unpaired) electrons. The number of rotatable bonds is 1. The maximum atomic E-state index is 12.2. The van der Waals surface area contributed by atoms with Crippen LogP contribution in [0.5, 0.6) is 0 Å². The second-order valence-corrected chi connectivity index (χ2v) is 4.78. The van der Waals surface area contributed by atoms with Gasteiger partial charge in [0, 0.05) is 11.1 Å². The number of fused-ring (bicyclic) bond motifs is 3. The number of ether oxygens (including phenoxy) is 1. The molecule has 4 nitrogen and oxygen atoms in total. The van der Waals surface area contributed by atoms with Crippen molar-refractivity contribution in [1.29, 1.82) is 0 Å². The van der Waals surface area contributed by atoms with E-state index in [9.17, 15) is 9.59 Å². The van der Waals surface area contributed by atoms with Crippen molar-refractivity contribution in [2.24, 2.45) is 5.92 Å². The van der Waals surface area contributed by atoms with E-state index < -0.39 is 12.3 Å². The monoisotopic (exact) mass is 231 g/mol. The summed E-state index contributed by atoms with van der Waals surface area (Å²) in [5.74, 6) is -0.339. The Hall–Kier alpha value is -1.84. The van der Waals surface area contributed by atoms with E-state index in [1.165, 1.54) is 0 Å². The van der Waals surface area contributed by atoms with Gasteiger partial charge in [0.2, 0.25) is 6.23 Å². The Balaban J connectivity index is 2.10. The highest BCUT2D eigenvalue weighted by atomic mass is 16.6. The zero-order valence-corrected chi connectivity index (χ0v) is 9.71. The summed E-state index contributed by atoms with van der Waals surface area (Å²) >= 11 is 0. The van der Waals surface area contributed by atoms with E-state index in [0.29, 0.717) is 5.56 Å². The normalized spacial score (nSPS) is 26.2. The molecular formula is C13H13NO3. The van der Waals surface area contributed by atoms with Gasteiger partial charge in [-0.15, -0.1) is 0 Å². The molecule has 1 aromatic carbocycles. The van der Waals surface area contributed by atoms with Crippen molar-refractivity contribution >= 4 is 11.9 Å². The molecule has 0 aromatic heterocycles. The predicted molar refractivity (Wildman–Crippen MR) is 60.1 cm³/mol. The third kappa shape index (κ3) is 1.24. The van der Waals surface area contributed by atoms with Crippen molar-refractivity contribution in [1.82, 2.24) is 4.90 Å². The molecule has 0 saturated carbocycles. The second-order valence-electron chi connectivity index (χ2n) is 4.78. The molecule has 0 N–H and O–H groups in total. The molecule has 2 aliphatic heterocycles. The lowest BCUT2D eigenvalue weighted by Crippen LogP contribution is -2.39. The third-order valence-electron chi connectivity index (χ3n) is 3.34. The van der Waals surface area contributed by atoms with Crippen LogP contribution in [0.2, 0.25) is 0 Å². The number of hydrogen-bond donors (Lipinski definition) is 0. The molecule has 17 heavy (non-hydrogen) atoms. The fraction of sp³-hybridized carbons (Fsp3) is 0.385. The molecular weight excluding hydrogens is 218 g/mol. The zero-order chi connectivity index (χ0) is 12.2. The molecule has 0 bridgehead atoms. The van der Waals surface area contributed by atoms with E-state index in [-0.39, 0.29) is 17.8 Å². The van der Waals surface area contributed by atoms with Crippen LogP contribution in [0.25, 0.3) is 0 Å². The Morgan fingerprint density at radius 3 is 2.65 bits per heavy atom. The standard InChI is InChI=1S/C13H13NO3/c1-7(2)10-13(16)17-12-9-6-4-3-5-8(9)11(15)14(10)12/h3-7,10,12H,1-2H3. The van der Waals surface area contributed by atoms with Crippen LogP contribution in [0.4, 0.5) is 0 Å². The second kappa shape index (κ2) is 3.32. The number of carbonyl (C=O) groups excluding carboxylic acids is 2. The largest absolute Gasteiger partial charge is 0.435 e. The summed E-state index contributed by atoms with van der Waals surface area (Å²) in [6.07, 6.45) is -0.515. The summed E-state index contributed by atoms with van der Waals surface area (Å²) in [6.45, 7) is 3.84. The average Bonchev–Trinajstić information content (AvgIpc) is 2.76.